The molecule has 2 heteroatoms. The summed E-state index contributed by atoms with van der Waals surface area (Å²) in [5, 5.41) is 0. The van der Waals surface area contributed by atoms with Gasteiger partial charge in [-0.15, -0.1) is 6.42 Å². The Morgan fingerprint density at radius 1 is 1.80 bits per heavy atom. The summed E-state index contributed by atoms with van der Waals surface area (Å²) >= 11 is 0. The highest BCUT2D eigenvalue weighted by molar-refractivity contribution is 5.70. The molecule has 2 atom stereocenters. The maximum Gasteiger partial charge on any atom is 0.306 e. The fourth-order valence-corrected chi connectivity index (χ4v) is 1.08. The lowest BCUT2D eigenvalue weighted by Gasteiger charge is -2.24. The van der Waals surface area contributed by atoms with Gasteiger partial charge in [-0.3, -0.25) is 4.79 Å². The fourth-order valence-electron chi connectivity index (χ4n) is 1.08. The number of carbonyl (C=O) groups excluding carboxylic acids is 1. The minimum atomic E-state index is -0.126. The minimum absolute atomic E-state index is 0.0914. The summed E-state index contributed by atoms with van der Waals surface area (Å²) in [5.74, 6) is 2.59. The number of cyclic esters (lactones) is 1. The molecule has 10 heavy (non-hydrogen) atoms. The summed E-state index contributed by atoms with van der Waals surface area (Å²) in [6.07, 6.45) is 6.35. The van der Waals surface area contributed by atoms with Crippen LogP contribution in [0.4, 0.5) is 0 Å². The molecular weight excluding hydrogens is 128 g/mol. The molecule has 0 saturated carbocycles. The van der Waals surface area contributed by atoms with Crippen molar-refractivity contribution in [2.45, 2.75) is 25.9 Å². The average Bonchev–Trinajstić information content (AvgIpc) is 1.88. The molecule has 0 aromatic rings. The maximum absolute atomic E-state index is 10.6. The monoisotopic (exact) mass is 138 g/mol. The van der Waals surface area contributed by atoms with E-state index < -0.39 is 0 Å². The third-order valence-electron chi connectivity index (χ3n) is 1.76. The van der Waals surface area contributed by atoms with E-state index in [2.05, 4.69) is 5.92 Å². The van der Waals surface area contributed by atoms with E-state index in [9.17, 15) is 4.79 Å². The summed E-state index contributed by atoms with van der Waals surface area (Å²) in [4.78, 5) is 10.6. The molecular formula is C8H10O2. The number of esters is 1. The highest BCUT2D eigenvalue weighted by Gasteiger charge is 2.24. The third kappa shape index (κ3) is 1.30. The van der Waals surface area contributed by atoms with Crippen LogP contribution in [-0.2, 0) is 9.53 Å². The van der Waals surface area contributed by atoms with Crippen LogP contribution in [0.2, 0.25) is 0 Å². The largest absolute Gasteiger partial charge is 0.461 e. The van der Waals surface area contributed by atoms with Crippen LogP contribution in [0.25, 0.3) is 0 Å². The number of ether oxygens (including phenoxy) is 1. The molecule has 0 N–H and O–H groups in total. The van der Waals surface area contributed by atoms with Gasteiger partial charge in [0.25, 0.3) is 0 Å². The van der Waals surface area contributed by atoms with Gasteiger partial charge in [0.1, 0.15) is 6.10 Å². The predicted molar refractivity (Wildman–Crippen MR) is 37.1 cm³/mol. The molecule has 0 spiro atoms. The van der Waals surface area contributed by atoms with Crippen molar-refractivity contribution in [2.24, 2.45) is 5.92 Å². The van der Waals surface area contributed by atoms with Crippen LogP contribution in [0.3, 0.4) is 0 Å². The number of hydrogen-bond acceptors (Lipinski definition) is 2. The van der Waals surface area contributed by atoms with Crippen molar-refractivity contribution < 1.29 is 9.53 Å². The lowest BCUT2D eigenvalue weighted by Crippen LogP contribution is -2.28. The zero-order chi connectivity index (χ0) is 7.56. The van der Waals surface area contributed by atoms with E-state index in [1.54, 1.807) is 0 Å². The second kappa shape index (κ2) is 2.74. The molecule has 1 aliphatic rings. The Morgan fingerprint density at radius 2 is 2.50 bits per heavy atom. The Bertz CT molecular complexity index is 178. The zero-order valence-corrected chi connectivity index (χ0v) is 5.96. The van der Waals surface area contributed by atoms with Crippen LogP contribution >= 0.6 is 0 Å². The molecule has 54 valence electrons. The Hall–Kier alpha value is -0.970. The van der Waals surface area contributed by atoms with Crippen molar-refractivity contribution in [3.63, 3.8) is 0 Å². The van der Waals surface area contributed by atoms with Gasteiger partial charge in [-0.1, -0.05) is 5.92 Å². The molecule has 0 amide bonds. The summed E-state index contributed by atoms with van der Waals surface area (Å²) < 4.78 is 4.91. The van der Waals surface area contributed by atoms with Crippen molar-refractivity contribution >= 4 is 5.97 Å². The van der Waals surface area contributed by atoms with Crippen molar-refractivity contribution in [3.8, 4) is 12.3 Å². The van der Waals surface area contributed by atoms with Crippen molar-refractivity contribution in [2.75, 3.05) is 0 Å². The van der Waals surface area contributed by atoms with Gasteiger partial charge in [-0.2, -0.15) is 0 Å². The quantitative estimate of drug-likeness (QED) is 0.368. The third-order valence-corrected chi connectivity index (χ3v) is 1.76. The molecule has 1 aliphatic heterocycles. The second-order valence-electron chi connectivity index (χ2n) is 2.51. The summed E-state index contributed by atoms with van der Waals surface area (Å²) in [5.41, 5.74) is 0. The molecule has 1 heterocycles. The van der Waals surface area contributed by atoms with E-state index in [0.717, 1.165) is 6.42 Å². The molecule has 1 saturated heterocycles. The van der Waals surface area contributed by atoms with Gasteiger partial charge in [0.2, 0.25) is 0 Å². The fraction of sp³-hybridized carbons (Fsp3) is 0.625. The standard InChI is InChI=1S/C8H10O2/c1-3-7-4-5-8(9)10-6(7)2/h1,6-7H,4-5H2,2H3. The first kappa shape index (κ1) is 7.14. The van der Waals surface area contributed by atoms with Gasteiger partial charge in [-0.05, 0) is 13.3 Å². The van der Waals surface area contributed by atoms with Crippen LogP contribution in [0.15, 0.2) is 0 Å². The SMILES string of the molecule is C#CC1CCC(=O)OC1C. The highest BCUT2D eigenvalue weighted by atomic mass is 16.5. The van der Waals surface area contributed by atoms with Gasteiger partial charge in [-0.25, -0.2) is 0 Å². The Kier molecular flexibility index (Phi) is 1.96. The summed E-state index contributed by atoms with van der Waals surface area (Å²) in [6.45, 7) is 1.83. The van der Waals surface area contributed by atoms with Crippen molar-refractivity contribution in [1.82, 2.24) is 0 Å². The smallest absolute Gasteiger partial charge is 0.306 e. The highest BCUT2D eigenvalue weighted by Crippen LogP contribution is 2.19. The number of hydrogen-bond donors (Lipinski definition) is 0. The topological polar surface area (TPSA) is 26.3 Å². The van der Waals surface area contributed by atoms with E-state index >= 15 is 0 Å². The normalized spacial score (nSPS) is 32.6. The molecule has 2 unspecified atom stereocenters. The van der Waals surface area contributed by atoms with E-state index in [-0.39, 0.29) is 18.0 Å². The maximum atomic E-state index is 10.6. The molecule has 1 rings (SSSR count). The molecule has 1 fully saturated rings. The Morgan fingerprint density at radius 3 is 3.00 bits per heavy atom. The lowest BCUT2D eigenvalue weighted by molar-refractivity contribution is -0.154. The Labute approximate surface area is 60.6 Å². The van der Waals surface area contributed by atoms with Crippen LogP contribution in [-0.4, -0.2) is 12.1 Å². The van der Waals surface area contributed by atoms with Crippen molar-refractivity contribution in [3.05, 3.63) is 0 Å². The minimum Gasteiger partial charge on any atom is -0.461 e. The zero-order valence-electron chi connectivity index (χ0n) is 5.96. The van der Waals surface area contributed by atoms with Gasteiger partial charge in [0.15, 0.2) is 0 Å². The number of carbonyl (C=O) groups is 1. The number of rotatable bonds is 0. The lowest BCUT2D eigenvalue weighted by atomic mass is 9.96. The first-order chi connectivity index (χ1) is 4.74. The second-order valence-corrected chi connectivity index (χ2v) is 2.51. The molecule has 2 nitrogen and oxygen atoms in total. The molecule has 0 bridgehead atoms. The van der Waals surface area contributed by atoms with E-state index in [1.807, 2.05) is 6.92 Å². The van der Waals surface area contributed by atoms with Crippen LogP contribution in [0.1, 0.15) is 19.8 Å². The van der Waals surface area contributed by atoms with Crippen LogP contribution < -0.4 is 0 Å². The van der Waals surface area contributed by atoms with E-state index in [0.29, 0.717) is 6.42 Å². The van der Waals surface area contributed by atoms with Gasteiger partial charge in [0.05, 0.1) is 5.92 Å². The summed E-state index contributed by atoms with van der Waals surface area (Å²) in [7, 11) is 0. The predicted octanol–water partition coefficient (Wildman–Crippen LogP) is 0.961. The van der Waals surface area contributed by atoms with E-state index in [1.165, 1.54) is 0 Å². The van der Waals surface area contributed by atoms with Gasteiger partial charge < -0.3 is 4.74 Å². The first-order valence-electron chi connectivity index (χ1n) is 3.39. The average molecular weight is 138 g/mol. The van der Waals surface area contributed by atoms with E-state index in [4.69, 9.17) is 11.2 Å². The number of terminal acetylenes is 1. The van der Waals surface area contributed by atoms with Crippen molar-refractivity contribution in [1.29, 1.82) is 0 Å². The van der Waals surface area contributed by atoms with Gasteiger partial charge in [0, 0.05) is 6.42 Å². The first-order valence-corrected chi connectivity index (χ1v) is 3.39. The summed E-state index contributed by atoms with van der Waals surface area (Å²) in [6, 6.07) is 0. The van der Waals surface area contributed by atoms with Gasteiger partial charge >= 0.3 is 5.97 Å². The Balaban J connectivity index is 2.53. The van der Waals surface area contributed by atoms with Crippen LogP contribution in [0.5, 0.6) is 0 Å². The molecule has 0 aromatic carbocycles. The van der Waals surface area contributed by atoms with Crippen LogP contribution in [0, 0.1) is 18.3 Å². The molecule has 0 radical (unpaired) electrons. The molecule has 0 aromatic heterocycles. The molecule has 0 aliphatic carbocycles.